The number of nitrogens with one attached hydrogen (secondary N) is 1. The van der Waals surface area contributed by atoms with E-state index in [0.717, 1.165) is 30.5 Å². The highest BCUT2D eigenvalue weighted by Gasteiger charge is 2.43. The molecule has 3 aromatic heterocycles. The Hall–Kier alpha value is -3.49. The number of aromatic amines is 1. The summed E-state index contributed by atoms with van der Waals surface area (Å²) in [5.41, 5.74) is 8.25. The molecule has 2 amide bonds. The molecule has 1 fully saturated rings. The zero-order chi connectivity index (χ0) is 22.6. The van der Waals surface area contributed by atoms with Crippen LogP contribution in [0.1, 0.15) is 76.1 Å². The molecule has 1 aliphatic heterocycles. The summed E-state index contributed by atoms with van der Waals surface area (Å²) in [6.07, 6.45) is 6.25. The Labute approximate surface area is 185 Å². The predicted molar refractivity (Wildman–Crippen MR) is 117 cm³/mol. The zero-order valence-electron chi connectivity index (χ0n) is 18.2. The number of aromatic nitrogens is 4. The number of fused-ring (bicyclic) bond motifs is 2. The molecule has 9 nitrogen and oxygen atoms in total. The molecule has 1 saturated heterocycles. The van der Waals surface area contributed by atoms with Crippen molar-refractivity contribution in [2.24, 2.45) is 11.1 Å². The molecule has 0 saturated carbocycles. The van der Waals surface area contributed by atoms with E-state index in [9.17, 15) is 14.4 Å². The van der Waals surface area contributed by atoms with Crippen molar-refractivity contribution in [2.45, 2.75) is 45.6 Å². The second-order valence-electron chi connectivity index (χ2n) is 9.33. The lowest BCUT2D eigenvalue weighted by molar-refractivity contribution is 0.0517. The first-order valence-corrected chi connectivity index (χ1v) is 10.9. The van der Waals surface area contributed by atoms with Crippen molar-refractivity contribution in [3.8, 4) is 0 Å². The first kappa shape index (κ1) is 20.4. The molecule has 0 aromatic carbocycles. The number of rotatable bonds is 3. The van der Waals surface area contributed by atoms with Crippen LogP contribution in [0.5, 0.6) is 0 Å². The van der Waals surface area contributed by atoms with Gasteiger partial charge in [0.1, 0.15) is 17.0 Å². The van der Waals surface area contributed by atoms with Crippen LogP contribution in [0.2, 0.25) is 0 Å². The number of amides is 2. The summed E-state index contributed by atoms with van der Waals surface area (Å²) in [5.74, 6) is -0.502. The van der Waals surface area contributed by atoms with E-state index in [-0.39, 0.29) is 28.8 Å². The molecule has 5 rings (SSSR count). The normalized spacial score (nSPS) is 17.8. The Balaban J connectivity index is 1.31. The highest BCUT2D eigenvalue weighted by Crippen LogP contribution is 2.44. The van der Waals surface area contributed by atoms with Gasteiger partial charge in [0.05, 0.1) is 11.8 Å². The van der Waals surface area contributed by atoms with Crippen LogP contribution < -0.4 is 5.73 Å². The number of likely N-dealkylation sites (tertiary alicyclic amines) is 1. The summed E-state index contributed by atoms with van der Waals surface area (Å²) in [4.78, 5) is 46.4. The number of piperidine rings is 1. The molecule has 0 atom stereocenters. The van der Waals surface area contributed by atoms with Crippen LogP contribution in [0.15, 0.2) is 24.5 Å². The van der Waals surface area contributed by atoms with Crippen LogP contribution in [0.4, 0.5) is 0 Å². The number of nitrogens with zero attached hydrogens (tertiary/aromatic N) is 4. The van der Waals surface area contributed by atoms with Gasteiger partial charge >= 0.3 is 0 Å². The highest BCUT2D eigenvalue weighted by atomic mass is 16.2. The molecule has 0 bridgehead atoms. The maximum atomic E-state index is 13.1. The summed E-state index contributed by atoms with van der Waals surface area (Å²) >= 11 is 0. The van der Waals surface area contributed by atoms with Crippen molar-refractivity contribution in [1.29, 1.82) is 0 Å². The average Bonchev–Trinajstić information content (AvgIpc) is 3.37. The molecule has 3 aromatic rings. The van der Waals surface area contributed by atoms with Crippen LogP contribution in [0.3, 0.4) is 0 Å². The first-order chi connectivity index (χ1) is 15.3. The van der Waals surface area contributed by atoms with E-state index in [1.165, 1.54) is 6.20 Å². The van der Waals surface area contributed by atoms with Crippen LogP contribution in [0.25, 0.3) is 11.0 Å². The number of carbonyl (C=O) groups excluding carboxylic acids is 3. The number of H-pyrrole nitrogens is 1. The summed E-state index contributed by atoms with van der Waals surface area (Å²) in [5, 5.41) is 5.11. The molecule has 9 heteroatoms. The molecule has 4 heterocycles. The number of hydrogen-bond donors (Lipinski definition) is 2. The number of nitrogens with two attached hydrogens (primary N) is 1. The lowest BCUT2D eigenvalue weighted by Crippen LogP contribution is -2.46. The molecule has 1 spiro atoms. The van der Waals surface area contributed by atoms with Gasteiger partial charge in [-0.05, 0) is 50.7 Å². The van der Waals surface area contributed by atoms with Gasteiger partial charge in [-0.3, -0.25) is 19.1 Å². The van der Waals surface area contributed by atoms with Crippen molar-refractivity contribution in [3.63, 3.8) is 0 Å². The van der Waals surface area contributed by atoms with Gasteiger partial charge in [0.15, 0.2) is 5.78 Å². The third-order valence-electron chi connectivity index (χ3n) is 6.82. The van der Waals surface area contributed by atoms with Crippen molar-refractivity contribution >= 4 is 28.6 Å². The smallest absolute Gasteiger partial charge is 0.265 e. The number of carbonyl (C=O) groups is 3. The monoisotopic (exact) mass is 434 g/mol. The number of ketones is 1. The van der Waals surface area contributed by atoms with E-state index in [1.54, 1.807) is 12.1 Å². The van der Waals surface area contributed by atoms with Gasteiger partial charge in [-0.15, -0.1) is 0 Å². The predicted octanol–water partition coefficient (Wildman–Crippen LogP) is 2.49. The summed E-state index contributed by atoms with van der Waals surface area (Å²) in [7, 11) is 0. The van der Waals surface area contributed by atoms with Crippen LogP contribution in [-0.2, 0) is 6.42 Å². The second kappa shape index (κ2) is 7.29. The molecule has 0 radical (unpaired) electrons. The molecule has 3 N–H and O–H groups in total. The number of Topliss-reactive ketones (excluding diaryl/α,β-unsaturated/α-hetero) is 1. The van der Waals surface area contributed by atoms with Crippen LogP contribution in [0, 0.1) is 5.41 Å². The molecule has 0 unspecified atom stereocenters. The maximum Gasteiger partial charge on any atom is 0.265 e. The summed E-state index contributed by atoms with van der Waals surface area (Å²) < 4.78 is 1.83. The van der Waals surface area contributed by atoms with Gasteiger partial charge in [-0.1, -0.05) is 0 Å². The SMILES string of the molecule is CC(C)n1ncc2c1C(=O)CC1(CCN(C(=O)c3cnc4[nH]c(C(N)=O)cc4c3)CC1)C2. The van der Waals surface area contributed by atoms with E-state index in [0.29, 0.717) is 36.1 Å². The Morgan fingerprint density at radius 1 is 1.16 bits per heavy atom. The second-order valence-corrected chi connectivity index (χ2v) is 9.33. The fourth-order valence-corrected chi connectivity index (χ4v) is 5.10. The minimum atomic E-state index is -0.568. The van der Waals surface area contributed by atoms with E-state index in [1.807, 2.05) is 29.6 Å². The van der Waals surface area contributed by atoms with Crippen LogP contribution >= 0.6 is 0 Å². The average molecular weight is 435 g/mol. The standard InChI is InChI=1S/C23H26N6O3/c1-13(2)29-19-16(12-26-29)9-23(10-18(19)30)3-5-28(6-4-23)22(32)15-7-14-8-17(20(24)31)27-21(14)25-11-15/h7-8,11-13H,3-6,9-10H2,1-2H3,(H2,24,31)(H,25,27). The van der Waals surface area contributed by atoms with Crippen molar-refractivity contribution in [3.05, 3.63) is 47.0 Å². The molecular weight excluding hydrogens is 408 g/mol. The fourth-order valence-electron chi connectivity index (χ4n) is 5.10. The Kier molecular flexibility index (Phi) is 4.65. The van der Waals surface area contributed by atoms with Crippen molar-refractivity contribution in [2.75, 3.05) is 13.1 Å². The summed E-state index contributed by atoms with van der Waals surface area (Å²) in [6.45, 7) is 5.25. The third kappa shape index (κ3) is 3.28. The fraction of sp³-hybridized carbons (Fsp3) is 0.435. The van der Waals surface area contributed by atoms with Gasteiger partial charge < -0.3 is 15.6 Å². The Morgan fingerprint density at radius 2 is 1.91 bits per heavy atom. The molecular formula is C23H26N6O3. The van der Waals surface area contributed by atoms with Gasteiger partial charge in [-0.25, -0.2) is 4.98 Å². The van der Waals surface area contributed by atoms with E-state index in [2.05, 4.69) is 15.1 Å². The number of hydrogen-bond acceptors (Lipinski definition) is 5. The largest absolute Gasteiger partial charge is 0.364 e. The van der Waals surface area contributed by atoms with E-state index in [4.69, 9.17) is 5.73 Å². The minimum Gasteiger partial charge on any atom is -0.364 e. The lowest BCUT2D eigenvalue weighted by atomic mass is 9.67. The van der Waals surface area contributed by atoms with Crippen molar-refractivity contribution in [1.82, 2.24) is 24.6 Å². The highest BCUT2D eigenvalue weighted by molar-refractivity contribution is 6.00. The van der Waals surface area contributed by atoms with E-state index >= 15 is 0 Å². The quantitative estimate of drug-likeness (QED) is 0.655. The molecule has 32 heavy (non-hydrogen) atoms. The minimum absolute atomic E-state index is 0.0912. The van der Waals surface area contributed by atoms with Crippen LogP contribution in [-0.4, -0.2) is 55.3 Å². The Morgan fingerprint density at radius 3 is 2.59 bits per heavy atom. The maximum absolute atomic E-state index is 13.1. The zero-order valence-corrected chi connectivity index (χ0v) is 18.2. The summed E-state index contributed by atoms with van der Waals surface area (Å²) in [6, 6.07) is 3.49. The molecule has 2 aliphatic rings. The van der Waals surface area contributed by atoms with Crippen molar-refractivity contribution < 1.29 is 14.4 Å². The molecule has 166 valence electrons. The number of primary amides is 1. The Bertz CT molecular complexity index is 1250. The van der Waals surface area contributed by atoms with Gasteiger partial charge in [-0.2, -0.15) is 5.10 Å². The lowest BCUT2D eigenvalue weighted by Gasteiger charge is -2.43. The number of pyridine rings is 1. The van der Waals surface area contributed by atoms with Gasteiger partial charge in [0.25, 0.3) is 11.8 Å². The first-order valence-electron chi connectivity index (χ1n) is 10.9. The topological polar surface area (TPSA) is 127 Å². The third-order valence-corrected chi connectivity index (χ3v) is 6.82. The van der Waals surface area contributed by atoms with Gasteiger partial charge in [0, 0.05) is 42.7 Å². The van der Waals surface area contributed by atoms with E-state index < -0.39 is 5.91 Å². The molecule has 1 aliphatic carbocycles. The van der Waals surface area contributed by atoms with Gasteiger partial charge in [0.2, 0.25) is 0 Å².